The summed E-state index contributed by atoms with van der Waals surface area (Å²) in [6, 6.07) is 8.20. The van der Waals surface area contributed by atoms with Crippen LogP contribution in [-0.4, -0.2) is 30.1 Å². The van der Waals surface area contributed by atoms with Gasteiger partial charge in [0.15, 0.2) is 0 Å². The molecule has 2 fully saturated rings. The molecular formula is C14H19IN2. The van der Waals surface area contributed by atoms with E-state index in [-0.39, 0.29) is 0 Å². The first-order valence-electron chi connectivity index (χ1n) is 6.49. The highest BCUT2D eigenvalue weighted by Gasteiger charge is 2.34. The van der Waals surface area contributed by atoms with E-state index in [0.29, 0.717) is 6.04 Å². The Bertz CT molecular complexity index is 415. The maximum absolute atomic E-state index is 3.72. The molecule has 0 spiro atoms. The molecule has 1 atom stereocenters. The SMILES string of the molecule is Cc1ccc(I)cc1NC1CCN(C2CC2)C1. The Morgan fingerprint density at radius 3 is 2.88 bits per heavy atom. The summed E-state index contributed by atoms with van der Waals surface area (Å²) in [5.41, 5.74) is 2.68. The zero-order valence-corrected chi connectivity index (χ0v) is 12.4. The molecule has 17 heavy (non-hydrogen) atoms. The maximum atomic E-state index is 3.72. The Hall–Kier alpha value is -0.290. The number of halogens is 1. The summed E-state index contributed by atoms with van der Waals surface area (Å²) < 4.78 is 1.31. The molecule has 1 aromatic rings. The van der Waals surface area contributed by atoms with Crippen LogP contribution in [0.3, 0.4) is 0 Å². The van der Waals surface area contributed by atoms with Gasteiger partial charge in [0.1, 0.15) is 0 Å². The molecule has 0 amide bonds. The van der Waals surface area contributed by atoms with Gasteiger partial charge in [0.05, 0.1) is 0 Å². The van der Waals surface area contributed by atoms with Crippen LogP contribution in [0.4, 0.5) is 5.69 Å². The molecule has 1 unspecified atom stereocenters. The first kappa shape index (κ1) is 11.8. The second-order valence-corrected chi connectivity index (χ2v) is 6.56. The highest BCUT2D eigenvalue weighted by Crippen LogP contribution is 2.31. The minimum absolute atomic E-state index is 0.646. The third kappa shape index (κ3) is 2.76. The number of hydrogen-bond donors (Lipinski definition) is 1. The van der Waals surface area contributed by atoms with Crippen LogP contribution in [0.2, 0.25) is 0 Å². The monoisotopic (exact) mass is 342 g/mol. The molecule has 2 aliphatic rings. The van der Waals surface area contributed by atoms with Crippen molar-refractivity contribution in [3.05, 3.63) is 27.3 Å². The second kappa shape index (κ2) is 4.76. The molecule has 92 valence electrons. The van der Waals surface area contributed by atoms with Crippen molar-refractivity contribution in [1.82, 2.24) is 4.90 Å². The van der Waals surface area contributed by atoms with Gasteiger partial charge in [-0.3, -0.25) is 4.90 Å². The van der Waals surface area contributed by atoms with Crippen molar-refractivity contribution in [3.63, 3.8) is 0 Å². The van der Waals surface area contributed by atoms with E-state index in [2.05, 4.69) is 57.9 Å². The summed E-state index contributed by atoms with van der Waals surface area (Å²) in [6.07, 6.45) is 4.14. The zero-order chi connectivity index (χ0) is 11.8. The van der Waals surface area contributed by atoms with Gasteiger partial charge >= 0.3 is 0 Å². The number of aryl methyl sites for hydroxylation is 1. The molecule has 1 aliphatic carbocycles. The molecule has 3 rings (SSSR count). The van der Waals surface area contributed by atoms with Crippen LogP contribution < -0.4 is 5.32 Å². The van der Waals surface area contributed by atoms with Gasteiger partial charge in [0.25, 0.3) is 0 Å². The lowest BCUT2D eigenvalue weighted by Gasteiger charge is -2.18. The third-order valence-corrected chi connectivity index (χ3v) is 4.51. The van der Waals surface area contributed by atoms with E-state index in [1.165, 1.54) is 47.2 Å². The van der Waals surface area contributed by atoms with E-state index in [1.54, 1.807) is 0 Å². The van der Waals surface area contributed by atoms with Crippen molar-refractivity contribution < 1.29 is 0 Å². The van der Waals surface area contributed by atoms with Crippen LogP contribution in [0.1, 0.15) is 24.8 Å². The van der Waals surface area contributed by atoms with E-state index in [4.69, 9.17) is 0 Å². The molecule has 1 N–H and O–H groups in total. The van der Waals surface area contributed by atoms with Crippen LogP contribution in [-0.2, 0) is 0 Å². The first-order valence-corrected chi connectivity index (χ1v) is 7.57. The molecule has 1 saturated heterocycles. The topological polar surface area (TPSA) is 15.3 Å². The number of benzene rings is 1. The predicted molar refractivity (Wildman–Crippen MR) is 80.5 cm³/mol. The van der Waals surface area contributed by atoms with Gasteiger partial charge in [-0.25, -0.2) is 0 Å². The van der Waals surface area contributed by atoms with Crippen molar-refractivity contribution in [3.8, 4) is 0 Å². The van der Waals surface area contributed by atoms with E-state index in [1.807, 2.05) is 0 Å². The Morgan fingerprint density at radius 2 is 2.12 bits per heavy atom. The number of likely N-dealkylation sites (tertiary alicyclic amines) is 1. The lowest BCUT2D eigenvalue weighted by atomic mass is 10.1. The molecule has 0 aromatic heterocycles. The first-order chi connectivity index (χ1) is 8.22. The van der Waals surface area contributed by atoms with Gasteiger partial charge in [-0.1, -0.05) is 6.07 Å². The van der Waals surface area contributed by atoms with Crippen LogP contribution in [0, 0.1) is 10.5 Å². The number of hydrogen-bond acceptors (Lipinski definition) is 2. The van der Waals surface area contributed by atoms with Crippen molar-refractivity contribution in [1.29, 1.82) is 0 Å². The fourth-order valence-electron chi connectivity index (χ4n) is 2.65. The number of nitrogens with zero attached hydrogens (tertiary/aromatic N) is 1. The summed E-state index contributed by atoms with van der Waals surface area (Å²) in [5, 5.41) is 3.72. The van der Waals surface area contributed by atoms with Crippen molar-refractivity contribution in [2.75, 3.05) is 18.4 Å². The predicted octanol–water partition coefficient (Wildman–Crippen LogP) is 3.25. The fraction of sp³-hybridized carbons (Fsp3) is 0.571. The smallest absolute Gasteiger partial charge is 0.0400 e. The van der Waals surface area contributed by atoms with Gasteiger partial charge in [0, 0.05) is 34.4 Å². The van der Waals surface area contributed by atoms with Gasteiger partial charge in [-0.15, -0.1) is 0 Å². The van der Waals surface area contributed by atoms with Gasteiger partial charge < -0.3 is 5.32 Å². The maximum Gasteiger partial charge on any atom is 0.0400 e. The van der Waals surface area contributed by atoms with E-state index >= 15 is 0 Å². The second-order valence-electron chi connectivity index (χ2n) is 5.32. The minimum atomic E-state index is 0.646. The average molecular weight is 342 g/mol. The molecule has 1 heterocycles. The Kier molecular flexibility index (Phi) is 3.30. The van der Waals surface area contributed by atoms with Gasteiger partial charge in [-0.2, -0.15) is 0 Å². The summed E-state index contributed by atoms with van der Waals surface area (Å²) in [6.45, 7) is 4.70. The van der Waals surface area contributed by atoms with Gasteiger partial charge in [0.2, 0.25) is 0 Å². The summed E-state index contributed by atoms with van der Waals surface area (Å²) >= 11 is 2.38. The molecule has 0 radical (unpaired) electrons. The quantitative estimate of drug-likeness (QED) is 0.849. The average Bonchev–Trinajstić information content (AvgIpc) is 3.05. The Morgan fingerprint density at radius 1 is 1.29 bits per heavy atom. The summed E-state index contributed by atoms with van der Waals surface area (Å²) in [4.78, 5) is 2.65. The standard InChI is InChI=1S/C14H19IN2/c1-10-2-3-11(15)8-14(10)16-12-6-7-17(9-12)13-4-5-13/h2-3,8,12-13,16H,4-7,9H2,1H3. The number of rotatable bonds is 3. The number of anilines is 1. The molecule has 3 heteroatoms. The van der Waals surface area contributed by atoms with Crippen LogP contribution in [0.15, 0.2) is 18.2 Å². The van der Waals surface area contributed by atoms with Crippen molar-refractivity contribution in [2.45, 2.75) is 38.3 Å². The van der Waals surface area contributed by atoms with Crippen LogP contribution in [0.25, 0.3) is 0 Å². The fourth-order valence-corrected chi connectivity index (χ4v) is 3.14. The summed E-state index contributed by atoms with van der Waals surface area (Å²) in [5.74, 6) is 0. The minimum Gasteiger partial charge on any atom is -0.381 e. The normalized spacial score (nSPS) is 25.2. The van der Waals surface area contributed by atoms with Crippen LogP contribution in [0.5, 0.6) is 0 Å². The summed E-state index contributed by atoms with van der Waals surface area (Å²) in [7, 11) is 0. The van der Waals surface area contributed by atoms with Crippen molar-refractivity contribution in [2.24, 2.45) is 0 Å². The molecule has 1 aliphatic heterocycles. The molecule has 1 saturated carbocycles. The van der Waals surface area contributed by atoms with E-state index in [9.17, 15) is 0 Å². The van der Waals surface area contributed by atoms with Crippen LogP contribution >= 0.6 is 22.6 Å². The van der Waals surface area contributed by atoms with E-state index < -0.39 is 0 Å². The molecule has 2 nitrogen and oxygen atoms in total. The lowest BCUT2D eigenvalue weighted by molar-refractivity contribution is 0.326. The number of nitrogens with one attached hydrogen (secondary N) is 1. The molecule has 1 aromatic carbocycles. The largest absolute Gasteiger partial charge is 0.381 e. The van der Waals surface area contributed by atoms with Gasteiger partial charge in [-0.05, 0) is 66.5 Å². The lowest BCUT2D eigenvalue weighted by Crippen LogP contribution is -2.27. The highest BCUT2D eigenvalue weighted by molar-refractivity contribution is 14.1. The third-order valence-electron chi connectivity index (χ3n) is 3.84. The zero-order valence-electron chi connectivity index (χ0n) is 10.2. The van der Waals surface area contributed by atoms with E-state index in [0.717, 1.165) is 6.04 Å². The molecular weight excluding hydrogens is 323 g/mol. The van der Waals surface area contributed by atoms with Crippen molar-refractivity contribution >= 4 is 28.3 Å². The Balaban J connectivity index is 1.64. The highest BCUT2D eigenvalue weighted by atomic mass is 127. The molecule has 0 bridgehead atoms. The Labute approximate surface area is 117 Å².